The zero-order valence-electron chi connectivity index (χ0n) is 14.3. The molecule has 1 saturated heterocycles. The van der Waals surface area contributed by atoms with Crippen LogP contribution in [-0.2, 0) is 10.2 Å². The zero-order valence-corrected chi connectivity index (χ0v) is 15.9. The summed E-state index contributed by atoms with van der Waals surface area (Å²) in [7, 11) is 0. The van der Waals surface area contributed by atoms with E-state index in [1.54, 1.807) is 0 Å². The molecule has 2 aliphatic heterocycles. The van der Waals surface area contributed by atoms with Gasteiger partial charge in [-0.3, -0.25) is 4.79 Å². The Morgan fingerprint density at radius 2 is 1.76 bits per heavy atom. The molecule has 1 amide bonds. The Balaban J connectivity index is 1.92. The number of anilines is 2. The topological polar surface area (TPSA) is 32.3 Å². The summed E-state index contributed by atoms with van der Waals surface area (Å²) in [4.78, 5) is 15.7. The van der Waals surface area contributed by atoms with E-state index in [0.29, 0.717) is 0 Å². The fraction of sp³-hybridized carbons (Fsp3) is 0.381. The van der Waals surface area contributed by atoms with Crippen LogP contribution in [0.1, 0.15) is 36.8 Å². The Labute approximate surface area is 157 Å². The largest absolute Gasteiger partial charge is 0.371 e. The first-order valence-corrected chi connectivity index (χ1v) is 10.2. The molecule has 0 spiro atoms. The van der Waals surface area contributed by atoms with Gasteiger partial charge in [0.25, 0.3) is 0 Å². The average Bonchev–Trinajstić information content (AvgIpc) is 2.96. The number of piperidine rings is 1. The molecule has 2 aromatic rings. The Kier molecular flexibility index (Phi) is 4.55. The van der Waals surface area contributed by atoms with Crippen molar-refractivity contribution < 1.29 is 4.79 Å². The molecule has 2 aromatic carbocycles. The third kappa shape index (κ3) is 2.67. The number of amides is 1. The van der Waals surface area contributed by atoms with E-state index in [1.807, 2.05) is 24.3 Å². The predicted molar refractivity (Wildman–Crippen MR) is 107 cm³/mol. The highest BCUT2D eigenvalue weighted by Gasteiger charge is 2.49. The number of rotatable bonds is 4. The molecule has 1 unspecified atom stereocenters. The van der Waals surface area contributed by atoms with Crippen molar-refractivity contribution in [3.8, 4) is 0 Å². The lowest BCUT2D eigenvalue weighted by atomic mass is 9.72. The summed E-state index contributed by atoms with van der Waals surface area (Å²) >= 11 is 3.60. The van der Waals surface area contributed by atoms with E-state index in [2.05, 4.69) is 50.4 Å². The van der Waals surface area contributed by atoms with Crippen molar-refractivity contribution in [2.24, 2.45) is 0 Å². The van der Waals surface area contributed by atoms with E-state index in [9.17, 15) is 4.79 Å². The minimum atomic E-state index is -0.617. The normalized spacial score (nSPS) is 22.6. The predicted octanol–water partition coefficient (Wildman–Crippen LogP) is 4.70. The summed E-state index contributed by atoms with van der Waals surface area (Å²) < 4.78 is 0. The number of carbonyl (C=O) groups excluding carboxylic acids is 1. The van der Waals surface area contributed by atoms with E-state index < -0.39 is 5.41 Å². The molecule has 4 heteroatoms. The highest BCUT2D eigenvalue weighted by molar-refractivity contribution is 9.09. The van der Waals surface area contributed by atoms with Crippen molar-refractivity contribution >= 4 is 33.2 Å². The number of fused-ring (bicyclic) bond motifs is 1. The number of carbonyl (C=O) groups is 1. The first-order valence-electron chi connectivity index (χ1n) is 9.09. The van der Waals surface area contributed by atoms with Crippen molar-refractivity contribution in [3.05, 3.63) is 59.7 Å². The molecule has 1 N–H and O–H groups in total. The minimum Gasteiger partial charge on any atom is -0.371 e. The van der Waals surface area contributed by atoms with Crippen molar-refractivity contribution in [3.63, 3.8) is 0 Å². The first-order chi connectivity index (χ1) is 12.3. The second kappa shape index (κ2) is 6.83. The molecule has 130 valence electrons. The molecule has 1 fully saturated rings. The van der Waals surface area contributed by atoms with Crippen LogP contribution in [0.4, 0.5) is 11.4 Å². The van der Waals surface area contributed by atoms with Gasteiger partial charge in [-0.2, -0.15) is 0 Å². The number of hydrogen-bond acceptors (Lipinski definition) is 2. The van der Waals surface area contributed by atoms with Crippen molar-refractivity contribution in [2.45, 2.75) is 31.1 Å². The molecular formula is C21H23BrN2O. The van der Waals surface area contributed by atoms with Gasteiger partial charge >= 0.3 is 0 Å². The quantitative estimate of drug-likeness (QED) is 0.756. The van der Waals surface area contributed by atoms with Gasteiger partial charge in [-0.1, -0.05) is 52.3 Å². The highest BCUT2D eigenvalue weighted by atomic mass is 79.9. The third-order valence-corrected chi connectivity index (χ3v) is 5.93. The number of alkyl halides is 1. The van der Waals surface area contributed by atoms with Crippen LogP contribution in [0, 0.1) is 0 Å². The van der Waals surface area contributed by atoms with Crippen LogP contribution in [0.5, 0.6) is 0 Å². The SMILES string of the molecule is O=C1Nc2cccc(N3CCCCC3)c2C1(CCBr)c1ccccc1. The summed E-state index contributed by atoms with van der Waals surface area (Å²) in [6.45, 7) is 2.15. The molecule has 0 radical (unpaired) electrons. The van der Waals surface area contributed by atoms with Gasteiger partial charge < -0.3 is 10.2 Å². The Morgan fingerprint density at radius 1 is 1.00 bits per heavy atom. The molecule has 4 rings (SSSR count). The Morgan fingerprint density at radius 3 is 2.48 bits per heavy atom. The summed E-state index contributed by atoms with van der Waals surface area (Å²) in [6, 6.07) is 16.5. The van der Waals surface area contributed by atoms with Gasteiger partial charge in [0, 0.05) is 35.4 Å². The van der Waals surface area contributed by atoms with Gasteiger partial charge in [0.15, 0.2) is 0 Å². The number of hydrogen-bond donors (Lipinski definition) is 1. The first kappa shape index (κ1) is 16.6. The number of nitrogens with zero attached hydrogens (tertiary/aromatic N) is 1. The van der Waals surface area contributed by atoms with Gasteiger partial charge in [-0.25, -0.2) is 0 Å². The van der Waals surface area contributed by atoms with Crippen LogP contribution in [-0.4, -0.2) is 24.3 Å². The van der Waals surface area contributed by atoms with Crippen LogP contribution >= 0.6 is 15.9 Å². The molecule has 25 heavy (non-hydrogen) atoms. The summed E-state index contributed by atoms with van der Waals surface area (Å²) in [5.74, 6) is 0.0950. The van der Waals surface area contributed by atoms with Gasteiger partial charge in [0.2, 0.25) is 5.91 Å². The maximum Gasteiger partial charge on any atom is 0.239 e. The molecular weight excluding hydrogens is 376 g/mol. The lowest BCUT2D eigenvalue weighted by Gasteiger charge is -2.35. The van der Waals surface area contributed by atoms with Gasteiger partial charge in [-0.05, 0) is 43.4 Å². The number of nitrogens with one attached hydrogen (secondary N) is 1. The van der Waals surface area contributed by atoms with Crippen LogP contribution in [0.3, 0.4) is 0 Å². The minimum absolute atomic E-state index is 0.0950. The molecule has 1 atom stereocenters. The van der Waals surface area contributed by atoms with Gasteiger partial charge in [0.05, 0.1) is 0 Å². The molecule has 0 saturated carbocycles. The van der Waals surface area contributed by atoms with Crippen LogP contribution in [0.25, 0.3) is 0 Å². The van der Waals surface area contributed by atoms with Crippen LogP contribution < -0.4 is 10.2 Å². The lowest BCUT2D eigenvalue weighted by molar-refractivity contribution is -0.119. The van der Waals surface area contributed by atoms with Crippen LogP contribution in [0.2, 0.25) is 0 Å². The summed E-state index contributed by atoms with van der Waals surface area (Å²) in [5, 5.41) is 3.95. The standard InChI is InChI=1S/C21H23BrN2O/c22-13-12-21(16-8-3-1-4-9-16)19-17(23-20(21)25)10-7-11-18(19)24-14-5-2-6-15-24/h1,3-4,7-11H,2,5-6,12-15H2,(H,23,25). The molecule has 2 heterocycles. The second-order valence-electron chi connectivity index (χ2n) is 6.91. The number of benzene rings is 2. The van der Waals surface area contributed by atoms with Gasteiger partial charge in [0.1, 0.15) is 5.41 Å². The number of halogens is 1. The fourth-order valence-electron chi connectivity index (χ4n) is 4.36. The molecule has 0 aromatic heterocycles. The molecule has 0 bridgehead atoms. The second-order valence-corrected chi connectivity index (χ2v) is 7.70. The van der Waals surface area contributed by atoms with E-state index in [0.717, 1.165) is 41.7 Å². The maximum atomic E-state index is 13.2. The van der Waals surface area contributed by atoms with E-state index in [-0.39, 0.29) is 5.91 Å². The molecule has 3 nitrogen and oxygen atoms in total. The van der Waals surface area contributed by atoms with E-state index in [4.69, 9.17) is 0 Å². The smallest absolute Gasteiger partial charge is 0.239 e. The zero-order chi connectivity index (χ0) is 17.3. The van der Waals surface area contributed by atoms with Crippen molar-refractivity contribution in [1.82, 2.24) is 0 Å². The van der Waals surface area contributed by atoms with Gasteiger partial charge in [-0.15, -0.1) is 0 Å². The maximum absolute atomic E-state index is 13.2. The molecule has 2 aliphatic rings. The Bertz CT molecular complexity index is 771. The van der Waals surface area contributed by atoms with E-state index >= 15 is 0 Å². The van der Waals surface area contributed by atoms with Crippen molar-refractivity contribution in [1.29, 1.82) is 0 Å². The summed E-state index contributed by atoms with van der Waals surface area (Å²) in [6.07, 6.45) is 4.50. The average molecular weight is 399 g/mol. The Hall–Kier alpha value is -1.81. The van der Waals surface area contributed by atoms with E-state index in [1.165, 1.54) is 24.9 Å². The third-order valence-electron chi connectivity index (χ3n) is 5.54. The monoisotopic (exact) mass is 398 g/mol. The molecule has 0 aliphatic carbocycles. The van der Waals surface area contributed by atoms with Crippen molar-refractivity contribution in [2.75, 3.05) is 28.6 Å². The lowest BCUT2D eigenvalue weighted by Crippen LogP contribution is -2.38. The summed E-state index contributed by atoms with van der Waals surface area (Å²) in [5.41, 5.74) is 3.81. The fourth-order valence-corrected chi connectivity index (χ4v) is 4.95. The van der Waals surface area contributed by atoms with Crippen LogP contribution in [0.15, 0.2) is 48.5 Å². The highest BCUT2D eigenvalue weighted by Crippen LogP contribution is 2.50.